The molecular weight excluding hydrogens is 521 g/mol. The lowest BCUT2D eigenvalue weighted by Crippen LogP contribution is -2.48. The Morgan fingerprint density at radius 2 is 1.68 bits per heavy atom. The minimum Gasteiger partial charge on any atom is -0.378 e. The number of carbonyl (C=O) groups excluding carboxylic acids is 2. The number of morpholine rings is 1. The lowest BCUT2D eigenvalue weighted by Gasteiger charge is -2.33. The quantitative estimate of drug-likeness (QED) is 0.387. The molecule has 2 saturated heterocycles. The smallest absolute Gasteiger partial charge is 0.320 e. The molecule has 0 spiro atoms. The maximum atomic E-state index is 13.8. The van der Waals surface area contributed by atoms with E-state index in [9.17, 15) is 14.0 Å². The fourth-order valence-electron chi connectivity index (χ4n) is 5.42. The molecule has 3 N–H and O–H groups in total. The summed E-state index contributed by atoms with van der Waals surface area (Å²) in [6.45, 7) is 5.70. The Hall–Kier alpha value is -3.95. The highest BCUT2D eigenvalue weighted by atomic mass is 19.1. The van der Waals surface area contributed by atoms with Crippen LogP contribution in [0.2, 0.25) is 0 Å². The Morgan fingerprint density at radius 3 is 2.44 bits per heavy atom. The van der Waals surface area contributed by atoms with Gasteiger partial charge in [0.1, 0.15) is 5.82 Å². The van der Waals surface area contributed by atoms with Crippen molar-refractivity contribution in [1.29, 1.82) is 0 Å². The molecule has 0 aromatic heterocycles. The Balaban J connectivity index is 1.40. The molecule has 5 rings (SSSR count). The number of nitrogens with two attached hydrogens (primary N) is 1. The number of benzene rings is 3. The lowest BCUT2D eigenvalue weighted by molar-refractivity contribution is 0.0425. The standard InChI is InChI=1S/C32H38FN5O3/c33-28-9-4-8-27(21-28)31(39)35-29-22-26(10-11-30(29)36-13-1-2-14-36)25-7-3-6-24(20-25)23-38(15-5-12-34)32(40)37-16-18-41-19-17-37/h3-4,6-11,20-22H,1-2,5,12-19,23,34H2,(H,35,39). The van der Waals surface area contributed by atoms with Crippen LogP contribution in [0.5, 0.6) is 0 Å². The highest BCUT2D eigenvalue weighted by Gasteiger charge is 2.23. The van der Waals surface area contributed by atoms with Gasteiger partial charge >= 0.3 is 6.03 Å². The van der Waals surface area contributed by atoms with E-state index in [1.165, 1.54) is 18.2 Å². The number of hydrogen-bond acceptors (Lipinski definition) is 5. The number of nitrogens with zero attached hydrogens (tertiary/aromatic N) is 3. The van der Waals surface area contributed by atoms with Crippen molar-refractivity contribution in [2.24, 2.45) is 5.73 Å². The molecule has 8 nitrogen and oxygen atoms in total. The molecule has 2 heterocycles. The van der Waals surface area contributed by atoms with Gasteiger partial charge in [-0.05, 0) is 78.9 Å². The van der Waals surface area contributed by atoms with Crippen LogP contribution in [0.25, 0.3) is 11.1 Å². The number of urea groups is 1. The van der Waals surface area contributed by atoms with Crippen molar-refractivity contribution in [3.05, 3.63) is 83.7 Å². The zero-order valence-electron chi connectivity index (χ0n) is 23.4. The molecule has 0 atom stereocenters. The van der Waals surface area contributed by atoms with Crippen LogP contribution in [-0.2, 0) is 11.3 Å². The summed E-state index contributed by atoms with van der Waals surface area (Å²) in [5.74, 6) is -0.802. The van der Waals surface area contributed by atoms with Gasteiger partial charge in [-0.15, -0.1) is 0 Å². The Kier molecular flexibility index (Phi) is 9.48. The summed E-state index contributed by atoms with van der Waals surface area (Å²) in [5.41, 5.74) is 10.6. The molecule has 0 saturated carbocycles. The van der Waals surface area contributed by atoms with E-state index in [0.29, 0.717) is 51.6 Å². The van der Waals surface area contributed by atoms with Crippen molar-refractivity contribution < 1.29 is 18.7 Å². The minimum atomic E-state index is -0.449. The average Bonchev–Trinajstić information content (AvgIpc) is 3.54. The number of anilines is 2. The number of hydrogen-bond donors (Lipinski definition) is 2. The molecular formula is C32H38FN5O3. The number of amides is 3. The summed E-state index contributed by atoms with van der Waals surface area (Å²) < 4.78 is 19.2. The second kappa shape index (κ2) is 13.6. The van der Waals surface area contributed by atoms with Gasteiger partial charge in [0, 0.05) is 44.8 Å². The fourth-order valence-corrected chi connectivity index (χ4v) is 5.42. The number of rotatable bonds is 9. The maximum absolute atomic E-state index is 13.8. The molecule has 0 aliphatic carbocycles. The monoisotopic (exact) mass is 559 g/mol. The van der Waals surface area contributed by atoms with Crippen LogP contribution in [0.15, 0.2) is 66.7 Å². The molecule has 9 heteroatoms. The number of halogens is 1. The van der Waals surface area contributed by atoms with E-state index >= 15 is 0 Å². The maximum Gasteiger partial charge on any atom is 0.320 e. The predicted molar refractivity (Wildman–Crippen MR) is 160 cm³/mol. The van der Waals surface area contributed by atoms with Crippen molar-refractivity contribution in [2.45, 2.75) is 25.8 Å². The molecule has 41 heavy (non-hydrogen) atoms. The Bertz CT molecular complexity index is 1350. The summed E-state index contributed by atoms with van der Waals surface area (Å²) in [6.07, 6.45) is 2.93. The first-order valence-corrected chi connectivity index (χ1v) is 14.4. The molecule has 2 aliphatic rings. The van der Waals surface area contributed by atoms with E-state index in [1.807, 2.05) is 40.1 Å². The summed E-state index contributed by atoms with van der Waals surface area (Å²) in [6, 6.07) is 19.9. The third-order valence-electron chi connectivity index (χ3n) is 7.60. The van der Waals surface area contributed by atoms with Crippen LogP contribution in [0.1, 0.15) is 35.2 Å². The summed E-state index contributed by atoms with van der Waals surface area (Å²) in [5, 5.41) is 3.03. The van der Waals surface area contributed by atoms with Gasteiger partial charge in [-0.3, -0.25) is 4.79 Å². The first kappa shape index (κ1) is 28.6. The largest absolute Gasteiger partial charge is 0.378 e. The third kappa shape index (κ3) is 7.23. The van der Waals surface area contributed by atoms with Crippen LogP contribution in [0.3, 0.4) is 0 Å². The van der Waals surface area contributed by atoms with Gasteiger partial charge in [-0.2, -0.15) is 0 Å². The molecule has 216 valence electrons. The van der Waals surface area contributed by atoms with Crippen molar-refractivity contribution in [2.75, 3.05) is 62.7 Å². The molecule has 2 aliphatic heterocycles. The highest BCUT2D eigenvalue weighted by molar-refractivity contribution is 6.06. The molecule has 0 radical (unpaired) electrons. The molecule has 3 aromatic carbocycles. The van der Waals surface area contributed by atoms with E-state index < -0.39 is 5.82 Å². The third-order valence-corrected chi connectivity index (χ3v) is 7.60. The van der Waals surface area contributed by atoms with E-state index in [0.717, 1.165) is 54.7 Å². The normalized spacial score (nSPS) is 15.2. The Morgan fingerprint density at radius 1 is 0.927 bits per heavy atom. The van der Waals surface area contributed by atoms with Gasteiger partial charge < -0.3 is 30.5 Å². The molecule has 3 aromatic rings. The van der Waals surface area contributed by atoms with Gasteiger partial charge in [-0.25, -0.2) is 9.18 Å². The average molecular weight is 560 g/mol. The van der Waals surface area contributed by atoms with Crippen molar-refractivity contribution >= 4 is 23.3 Å². The molecule has 3 amide bonds. The van der Waals surface area contributed by atoms with E-state index in [2.05, 4.69) is 22.3 Å². The second-order valence-corrected chi connectivity index (χ2v) is 10.5. The van der Waals surface area contributed by atoms with Gasteiger partial charge in [0.05, 0.1) is 24.6 Å². The summed E-state index contributed by atoms with van der Waals surface area (Å²) >= 11 is 0. The molecule has 2 fully saturated rings. The van der Waals surface area contributed by atoms with Gasteiger partial charge in [0.2, 0.25) is 0 Å². The summed E-state index contributed by atoms with van der Waals surface area (Å²) in [4.78, 5) is 32.4. The van der Waals surface area contributed by atoms with Crippen LogP contribution in [-0.4, -0.2) is 74.2 Å². The fraction of sp³-hybridized carbons (Fsp3) is 0.375. The molecule has 0 bridgehead atoms. The van der Waals surface area contributed by atoms with Crippen LogP contribution in [0.4, 0.5) is 20.6 Å². The summed E-state index contributed by atoms with van der Waals surface area (Å²) in [7, 11) is 0. The SMILES string of the molecule is NCCCN(Cc1cccc(-c2ccc(N3CCCC3)c(NC(=O)c3cccc(F)c3)c2)c1)C(=O)N1CCOCC1. The number of nitrogens with one attached hydrogen (secondary N) is 1. The lowest BCUT2D eigenvalue weighted by atomic mass is 10.0. The van der Waals surface area contributed by atoms with Crippen molar-refractivity contribution in [1.82, 2.24) is 9.80 Å². The highest BCUT2D eigenvalue weighted by Crippen LogP contribution is 2.34. The van der Waals surface area contributed by atoms with Crippen LogP contribution in [0, 0.1) is 5.82 Å². The van der Waals surface area contributed by atoms with Crippen molar-refractivity contribution in [3.63, 3.8) is 0 Å². The Labute approximate surface area is 240 Å². The second-order valence-electron chi connectivity index (χ2n) is 10.5. The van der Waals surface area contributed by atoms with E-state index in [4.69, 9.17) is 10.5 Å². The predicted octanol–water partition coefficient (Wildman–Crippen LogP) is 4.95. The van der Waals surface area contributed by atoms with Crippen LogP contribution < -0.4 is 16.0 Å². The first-order valence-electron chi connectivity index (χ1n) is 14.4. The van der Waals surface area contributed by atoms with Crippen LogP contribution >= 0.6 is 0 Å². The van der Waals surface area contributed by atoms with Gasteiger partial charge in [-0.1, -0.05) is 30.3 Å². The molecule has 0 unspecified atom stereocenters. The van der Waals surface area contributed by atoms with Gasteiger partial charge in [0.25, 0.3) is 5.91 Å². The van der Waals surface area contributed by atoms with E-state index in [1.54, 1.807) is 6.07 Å². The minimum absolute atomic E-state index is 0.00414. The number of carbonyl (C=O) groups is 2. The topological polar surface area (TPSA) is 91.1 Å². The number of ether oxygens (including phenoxy) is 1. The first-order chi connectivity index (χ1) is 20.0. The zero-order chi connectivity index (χ0) is 28.6. The van der Waals surface area contributed by atoms with Crippen molar-refractivity contribution in [3.8, 4) is 11.1 Å². The van der Waals surface area contributed by atoms with E-state index in [-0.39, 0.29) is 17.5 Å². The van der Waals surface area contributed by atoms with Gasteiger partial charge in [0.15, 0.2) is 0 Å². The zero-order valence-corrected chi connectivity index (χ0v) is 23.4.